The molecule has 1 fully saturated rings. The van der Waals surface area contributed by atoms with E-state index in [9.17, 15) is 19.8 Å². The van der Waals surface area contributed by atoms with Crippen molar-refractivity contribution in [1.29, 1.82) is 0 Å². The summed E-state index contributed by atoms with van der Waals surface area (Å²) in [6.07, 6.45) is 0. The molecule has 0 spiro atoms. The molecule has 1 heterocycles. The van der Waals surface area contributed by atoms with Gasteiger partial charge in [-0.2, -0.15) is 0 Å². The van der Waals surface area contributed by atoms with Gasteiger partial charge in [-0.1, -0.05) is 41.5 Å². The molecule has 164 valence electrons. The Morgan fingerprint density at radius 1 is 0.679 bits per heavy atom. The molecule has 0 aromatic heterocycles. The minimum Gasteiger partial charge on any atom is -0.480 e. The molecule has 28 heavy (non-hydrogen) atoms. The van der Waals surface area contributed by atoms with Crippen LogP contribution in [0, 0.1) is 10.8 Å². The quantitative estimate of drug-likeness (QED) is 0.549. The molecular weight excluding hydrogens is 360 g/mol. The van der Waals surface area contributed by atoms with Crippen LogP contribution >= 0.6 is 0 Å². The number of nitrogens with zero attached hydrogens (tertiary/aromatic N) is 2. The molecule has 0 aromatic rings. The topological polar surface area (TPSA) is 105 Å². The highest BCUT2D eigenvalue weighted by atomic mass is 16.4. The molecule has 8 heteroatoms. The highest BCUT2D eigenvalue weighted by Gasteiger charge is 2.37. The van der Waals surface area contributed by atoms with Crippen molar-refractivity contribution in [1.82, 2.24) is 20.4 Å². The SMILES string of the molecule is CC(C)(C)C(C(=O)O)N1CCNCCN(C(C(=O)O)C(C)(C)C)CCNCC1. The number of rotatable bonds is 4. The number of nitrogens with one attached hydrogen (secondary N) is 2. The Labute approximate surface area is 169 Å². The molecular formula is C20H40N4O4. The molecule has 1 saturated heterocycles. The number of carbonyl (C=O) groups is 2. The van der Waals surface area contributed by atoms with Crippen LogP contribution in [0.15, 0.2) is 0 Å². The third-order valence-electron chi connectivity index (χ3n) is 5.14. The van der Waals surface area contributed by atoms with Crippen molar-refractivity contribution in [2.24, 2.45) is 10.8 Å². The first kappa shape index (κ1) is 24.8. The van der Waals surface area contributed by atoms with Gasteiger partial charge in [-0.25, -0.2) is 0 Å². The lowest BCUT2D eigenvalue weighted by molar-refractivity contribution is -0.148. The molecule has 0 amide bonds. The molecule has 8 nitrogen and oxygen atoms in total. The van der Waals surface area contributed by atoms with Crippen LogP contribution < -0.4 is 10.6 Å². The Kier molecular flexibility index (Phi) is 9.33. The molecule has 0 saturated carbocycles. The summed E-state index contributed by atoms with van der Waals surface area (Å²) < 4.78 is 0. The summed E-state index contributed by atoms with van der Waals surface area (Å²) in [5.74, 6) is -1.58. The van der Waals surface area contributed by atoms with Crippen LogP contribution in [0.2, 0.25) is 0 Å². The molecule has 1 aliphatic heterocycles. The van der Waals surface area contributed by atoms with Crippen LogP contribution in [-0.2, 0) is 9.59 Å². The third kappa shape index (κ3) is 7.66. The van der Waals surface area contributed by atoms with E-state index in [4.69, 9.17) is 0 Å². The Hall–Kier alpha value is -1.22. The molecule has 1 rings (SSSR count). The molecule has 0 aliphatic carbocycles. The fourth-order valence-corrected chi connectivity index (χ4v) is 4.03. The number of hydrogen-bond acceptors (Lipinski definition) is 6. The zero-order valence-electron chi connectivity index (χ0n) is 18.4. The second-order valence-corrected chi connectivity index (χ2v) is 9.79. The zero-order chi connectivity index (χ0) is 21.5. The van der Waals surface area contributed by atoms with E-state index in [0.717, 1.165) is 0 Å². The van der Waals surface area contributed by atoms with Gasteiger partial charge in [0.15, 0.2) is 0 Å². The summed E-state index contributed by atoms with van der Waals surface area (Å²) in [5.41, 5.74) is -0.720. The van der Waals surface area contributed by atoms with Crippen molar-refractivity contribution in [3.63, 3.8) is 0 Å². The second-order valence-electron chi connectivity index (χ2n) is 9.79. The lowest BCUT2D eigenvalue weighted by Gasteiger charge is -2.39. The smallest absolute Gasteiger partial charge is 0.321 e. The maximum absolute atomic E-state index is 11.9. The van der Waals surface area contributed by atoms with E-state index in [0.29, 0.717) is 52.4 Å². The molecule has 0 bridgehead atoms. The maximum atomic E-state index is 11.9. The average molecular weight is 401 g/mol. The van der Waals surface area contributed by atoms with E-state index in [1.54, 1.807) is 0 Å². The second kappa shape index (κ2) is 10.5. The van der Waals surface area contributed by atoms with Gasteiger partial charge in [-0.05, 0) is 10.8 Å². The van der Waals surface area contributed by atoms with Crippen LogP contribution in [0.3, 0.4) is 0 Å². The van der Waals surface area contributed by atoms with Gasteiger partial charge in [0.05, 0.1) is 0 Å². The van der Waals surface area contributed by atoms with Crippen LogP contribution in [-0.4, -0.2) is 96.4 Å². The predicted molar refractivity (Wildman–Crippen MR) is 111 cm³/mol. The first-order chi connectivity index (χ1) is 12.9. The summed E-state index contributed by atoms with van der Waals surface area (Å²) in [4.78, 5) is 27.8. The number of hydrogen-bond donors (Lipinski definition) is 4. The van der Waals surface area contributed by atoms with E-state index >= 15 is 0 Å². The van der Waals surface area contributed by atoms with Gasteiger partial charge in [-0.3, -0.25) is 19.4 Å². The highest BCUT2D eigenvalue weighted by molar-refractivity contribution is 5.75. The lowest BCUT2D eigenvalue weighted by atomic mass is 9.85. The maximum Gasteiger partial charge on any atom is 0.321 e. The highest BCUT2D eigenvalue weighted by Crippen LogP contribution is 2.25. The van der Waals surface area contributed by atoms with Crippen molar-refractivity contribution in [2.75, 3.05) is 52.4 Å². The van der Waals surface area contributed by atoms with Gasteiger partial charge in [0, 0.05) is 52.4 Å². The molecule has 2 unspecified atom stereocenters. The lowest BCUT2D eigenvalue weighted by Crippen LogP contribution is -2.55. The van der Waals surface area contributed by atoms with E-state index in [1.807, 2.05) is 51.3 Å². The predicted octanol–water partition coefficient (Wildman–Crippen LogP) is 0.782. The van der Waals surface area contributed by atoms with Crippen molar-refractivity contribution in [3.05, 3.63) is 0 Å². The Morgan fingerprint density at radius 2 is 0.929 bits per heavy atom. The molecule has 0 aromatic carbocycles. The zero-order valence-corrected chi connectivity index (χ0v) is 18.4. The summed E-state index contributed by atoms with van der Waals surface area (Å²) in [5, 5.41) is 26.2. The van der Waals surface area contributed by atoms with Crippen molar-refractivity contribution in [3.8, 4) is 0 Å². The Morgan fingerprint density at radius 3 is 1.11 bits per heavy atom. The molecule has 4 N–H and O–H groups in total. The van der Waals surface area contributed by atoms with Crippen LogP contribution in [0.4, 0.5) is 0 Å². The van der Waals surface area contributed by atoms with Crippen LogP contribution in [0.1, 0.15) is 41.5 Å². The third-order valence-corrected chi connectivity index (χ3v) is 5.14. The summed E-state index contributed by atoms with van der Waals surface area (Å²) in [6, 6.07) is -1.10. The van der Waals surface area contributed by atoms with E-state index < -0.39 is 24.0 Å². The fraction of sp³-hybridized carbons (Fsp3) is 0.900. The van der Waals surface area contributed by atoms with Gasteiger partial charge < -0.3 is 20.8 Å². The summed E-state index contributed by atoms with van der Waals surface area (Å²) in [7, 11) is 0. The van der Waals surface area contributed by atoms with E-state index in [-0.39, 0.29) is 10.8 Å². The fourth-order valence-electron chi connectivity index (χ4n) is 4.03. The van der Waals surface area contributed by atoms with Gasteiger partial charge in [0.2, 0.25) is 0 Å². The normalized spacial score (nSPS) is 21.9. The van der Waals surface area contributed by atoms with Crippen molar-refractivity contribution in [2.45, 2.75) is 53.6 Å². The van der Waals surface area contributed by atoms with Crippen molar-refractivity contribution >= 4 is 11.9 Å². The first-order valence-electron chi connectivity index (χ1n) is 10.2. The van der Waals surface area contributed by atoms with E-state index in [1.165, 1.54) is 0 Å². The average Bonchev–Trinajstić information content (AvgIpc) is 2.48. The summed E-state index contributed by atoms with van der Waals surface area (Å²) >= 11 is 0. The molecule has 0 radical (unpaired) electrons. The standard InChI is InChI=1S/C20H40N4O4/c1-19(2,3)15(17(25)26)23-11-7-21-9-13-24(14-10-22-8-12-23)16(18(27)28)20(4,5)6/h15-16,21-22H,7-14H2,1-6H3,(H,25,26)(H,27,28). The van der Waals surface area contributed by atoms with Gasteiger partial charge >= 0.3 is 11.9 Å². The molecule has 2 atom stereocenters. The van der Waals surface area contributed by atoms with Gasteiger partial charge in [0.25, 0.3) is 0 Å². The van der Waals surface area contributed by atoms with Crippen molar-refractivity contribution < 1.29 is 19.8 Å². The Balaban J connectivity index is 2.81. The van der Waals surface area contributed by atoms with Crippen LogP contribution in [0.25, 0.3) is 0 Å². The number of carboxylic acid groups (broad SMARTS) is 2. The number of carboxylic acids is 2. The molecule has 1 aliphatic rings. The summed E-state index contributed by atoms with van der Waals surface area (Å²) in [6.45, 7) is 17.0. The first-order valence-corrected chi connectivity index (χ1v) is 10.2. The largest absolute Gasteiger partial charge is 0.480 e. The van der Waals surface area contributed by atoms with Gasteiger partial charge in [-0.15, -0.1) is 0 Å². The minimum absolute atomic E-state index is 0.360. The van der Waals surface area contributed by atoms with Crippen LogP contribution in [0.5, 0.6) is 0 Å². The monoisotopic (exact) mass is 400 g/mol. The minimum atomic E-state index is -0.791. The van der Waals surface area contributed by atoms with E-state index in [2.05, 4.69) is 10.6 Å². The Bertz CT molecular complexity index is 455. The number of aliphatic carboxylic acids is 2. The van der Waals surface area contributed by atoms with Gasteiger partial charge in [0.1, 0.15) is 12.1 Å².